The van der Waals surface area contributed by atoms with Crippen LogP contribution in [0.4, 0.5) is 5.69 Å². The van der Waals surface area contributed by atoms with Gasteiger partial charge >= 0.3 is 0 Å². The Kier molecular flexibility index (Phi) is 7.44. The van der Waals surface area contributed by atoms with Gasteiger partial charge in [-0.05, 0) is 30.7 Å². The van der Waals surface area contributed by atoms with Gasteiger partial charge in [-0.1, -0.05) is 18.5 Å². The standard InChI is InChI=1S/C22H29ClN6O4S/c1-2-7-28-16-20(22(31)27-10-8-25(17-30)9-11-27)21(24-28)34(32,33)29-14-12-26(13-15-29)19-5-3-18(23)4-6-19/h3-6,16-17H,2,7-15H2,1H3. The number of carbonyl (C=O) groups excluding carboxylic acids is 2. The van der Waals surface area contributed by atoms with Crippen LogP contribution in [0, 0.1) is 0 Å². The Labute approximate surface area is 204 Å². The molecular weight excluding hydrogens is 480 g/mol. The number of sulfonamides is 1. The quantitative estimate of drug-likeness (QED) is 0.524. The molecule has 1 aromatic carbocycles. The second-order valence-electron chi connectivity index (χ2n) is 8.41. The molecule has 0 unspecified atom stereocenters. The van der Waals surface area contributed by atoms with Crippen molar-refractivity contribution in [2.45, 2.75) is 24.9 Å². The van der Waals surface area contributed by atoms with Crippen molar-refractivity contribution in [1.29, 1.82) is 0 Å². The Hall–Kier alpha value is -2.63. The van der Waals surface area contributed by atoms with Crippen LogP contribution >= 0.6 is 11.6 Å². The monoisotopic (exact) mass is 508 g/mol. The number of aryl methyl sites for hydroxylation is 1. The summed E-state index contributed by atoms with van der Waals surface area (Å²) >= 11 is 5.97. The molecule has 1 aromatic heterocycles. The molecule has 2 aliphatic rings. The third-order valence-corrected chi connectivity index (χ3v) is 8.26. The minimum absolute atomic E-state index is 0.0909. The van der Waals surface area contributed by atoms with Gasteiger partial charge in [0.15, 0.2) is 0 Å². The number of amides is 2. The smallest absolute Gasteiger partial charge is 0.263 e. The number of piperazine rings is 2. The summed E-state index contributed by atoms with van der Waals surface area (Å²) in [4.78, 5) is 29.6. The van der Waals surface area contributed by atoms with Crippen molar-refractivity contribution in [3.63, 3.8) is 0 Å². The Balaban J connectivity index is 1.53. The number of hydrogen-bond donors (Lipinski definition) is 0. The maximum absolute atomic E-state index is 13.6. The highest BCUT2D eigenvalue weighted by molar-refractivity contribution is 7.89. The van der Waals surface area contributed by atoms with E-state index in [1.54, 1.807) is 9.80 Å². The van der Waals surface area contributed by atoms with E-state index in [-0.39, 0.29) is 29.6 Å². The van der Waals surface area contributed by atoms with Crippen molar-refractivity contribution in [3.05, 3.63) is 41.0 Å². The molecule has 2 aromatic rings. The fraction of sp³-hybridized carbons (Fsp3) is 0.500. The van der Waals surface area contributed by atoms with Gasteiger partial charge in [-0.3, -0.25) is 14.3 Å². The van der Waals surface area contributed by atoms with E-state index in [0.29, 0.717) is 50.8 Å². The van der Waals surface area contributed by atoms with Crippen LogP contribution in [0.3, 0.4) is 0 Å². The molecule has 2 fully saturated rings. The summed E-state index contributed by atoms with van der Waals surface area (Å²) in [7, 11) is -3.96. The van der Waals surface area contributed by atoms with E-state index in [1.165, 1.54) is 15.2 Å². The van der Waals surface area contributed by atoms with Gasteiger partial charge in [0.25, 0.3) is 15.9 Å². The second-order valence-corrected chi connectivity index (χ2v) is 10.7. The van der Waals surface area contributed by atoms with Gasteiger partial charge in [0.2, 0.25) is 11.4 Å². The highest BCUT2D eigenvalue weighted by Gasteiger charge is 2.36. The van der Waals surface area contributed by atoms with Gasteiger partial charge in [-0.25, -0.2) is 8.42 Å². The van der Waals surface area contributed by atoms with Crippen LogP contribution in [0.25, 0.3) is 0 Å². The number of hydrogen-bond acceptors (Lipinski definition) is 6. The number of halogens is 1. The molecule has 10 nitrogen and oxygen atoms in total. The Morgan fingerprint density at radius 1 is 1.03 bits per heavy atom. The number of rotatable bonds is 7. The third kappa shape index (κ3) is 5.06. The first-order chi connectivity index (χ1) is 16.3. The average Bonchev–Trinajstić information content (AvgIpc) is 3.29. The summed E-state index contributed by atoms with van der Waals surface area (Å²) in [5, 5.41) is 4.78. The fourth-order valence-electron chi connectivity index (χ4n) is 4.25. The van der Waals surface area contributed by atoms with Crippen molar-refractivity contribution in [2.75, 3.05) is 57.3 Å². The van der Waals surface area contributed by atoms with Crippen LogP contribution in [-0.4, -0.2) is 97.0 Å². The summed E-state index contributed by atoms with van der Waals surface area (Å²) < 4.78 is 30.1. The summed E-state index contributed by atoms with van der Waals surface area (Å²) in [6.45, 7) is 5.66. The van der Waals surface area contributed by atoms with E-state index in [4.69, 9.17) is 11.6 Å². The predicted molar refractivity (Wildman–Crippen MR) is 128 cm³/mol. The molecule has 34 heavy (non-hydrogen) atoms. The van der Waals surface area contributed by atoms with Gasteiger partial charge in [0.1, 0.15) is 0 Å². The summed E-state index contributed by atoms with van der Waals surface area (Å²) in [5.74, 6) is -0.369. The van der Waals surface area contributed by atoms with Crippen LogP contribution < -0.4 is 4.90 Å². The van der Waals surface area contributed by atoms with E-state index in [9.17, 15) is 18.0 Å². The first-order valence-corrected chi connectivity index (χ1v) is 13.2. The van der Waals surface area contributed by atoms with Crippen LogP contribution in [0.5, 0.6) is 0 Å². The number of nitrogens with zero attached hydrogens (tertiary/aromatic N) is 6. The van der Waals surface area contributed by atoms with Gasteiger partial charge in [0, 0.05) is 75.8 Å². The largest absolute Gasteiger partial charge is 0.369 e. The van der Waals surface area contributed by atoms with Crippen molar-refractivity contribution in [3.8, 4) is 0 Å². The van der Waals surface area contributed by atoms with E-state index < -0.39 is 10.0 Å². The molecule has 12 heteroatoms. The SMILES string of the molecule is CCCn1cc(C(=O)N2CCN(C=O)CC2)c(S(=O)(=O)N2CCN(c3ccc(Cl)cc3)CC2)n1. The van der Waals surface area contributed by atoms with Gasteiger partial charge in [-0.2, -0.15) is 9.40 Å². The average molecular weight is 509 g/mol. The lowest BCUT2D eigenvalue weighted by atomic mass is 10.2. The van der Waals surface area contributed by atoms with Crippen molar-refractivity contribution >= 4 is 39.6 Å². The van der Waals surface area contributed by atoms with Gasteiger partial charge in [0.05, 0.1) is 5.56 Å². The Morgan fingerprint density at radius 3 is 2.26 bits per heavy atom. The minimum atomic E-state index is -3.96. The first-order valence-electron chi connectivity index (χ1n) is 11.4. The number of aromatic nitrogens is 2. The highest BCUT2D eigenvalue weighted by atomic mass is 35.5. The topological polar surface area (TPSA) is 99.1 Å². The number of anilines is 1. The zero-order valence-electron chi connectivity index (χ0n) is 19.1. The lowest BCUT2D eigenvalue weighted by molar-refractivity contribution is -0.119. The van der Waals surface area contributed by atoms with Crippen molar-refractivity contribution in [1.82, 2.24) is 23.9 Å². The zero-order valence-corrected chi connectivity index (χ0v) is 20.7. The Morgan fingerprint density at radius 2 is 1.68 bits per heavy atom. The maximum Gasteiger partial charge on any atom is 0.263 e. The van der Waals surface area contributed by atoms with E-state index in [1.807, 2.05) is 31.2 Å². The molecule has 2 amide bonds. The van der Waals surface area contributed by atoms with Crippen LogP contribution in [-0.2, 0) is 21.4 Å². The van der Waals surface area contributed by atoms with E-state index in [2.05, 4.69) is 10.00 Å². The lowest BCUT2D eigenvalue weighted by Crippen LogP contribution is -2.50. The zero-order chi connectivity index (χ0) is 24.3. The normalized spacial score (nSPS) is 17.8. The summed E-state index contributed by atoms with van der Waals surface area (Å²) in [6, 6.07) is 7.46. The molecule has 2 aliphatic heterocycles. The van der Waals surface area contributed by atoms with E-state index in [0.717, 1.165) is 18.5 Å². The summed E-state index contributed by atoms with van der Waals surface area (Å²) in [6.07, 6.45) is 3.06. The Bertz CT molecular complexity index is 1120. The van der Waals surface area contributed by atoms with Gasteiger partial charge in [-0.15, -0.1) is 0 Å². The van der Waals surface area contributed by atoms with Crippen LogP contribution in [0.15, 0.2) is 35.5 Å². The molecular formula is C22H29ClN6O4S. The van der Waals surface area contributed by atoms with Crippen LogP contribution in [0.1, 0.15) is 23.7 Å². The first kappa shape index (κ1) is 24.5. The molecule has 0 aliphatic carbocycles. The molecule has 2 saturated heterocycles. The molecule has 4 rings (SSSR count). The molecule has 0 spiro atoms. The molecule has 0 N–H and O–H groups in total. The van der Waals surface area contributed by atoms with E-state index >= 15 is 0 Å². The molecule has 3 heterocycles. The maximum atomic E-state index is 13.6. The van der Waals surface area contributed by atoms with Crippen LogP contribution in [0.2, 0.25) is 5.02 Å². The molecule has 0 atom stereocenters. The predicted octanol–water partition coefficient (Wildman–Crippen LogP) is 1.37. The second kappa shape index (κ2) is 10.3. The van der Waals surface area contributed by atoms with Gasteiger partial charge < -0.3 is 14.7 Å². The summed E-state index contributed by atoms with van der Waals surface area (Å²) in [5.41, 5.74) is 1.08. The lowest BCUT2D eigenvalue weighted by Gasteiger charge is -2.35. The minimum Gasteiger partial charge on any atom is -0.369 e. The molecule has 0 bridgehead atoms. The number of benzene rings is 1. The number of carbonyl (C=O) groups is 2. The molecule has 0 radical (unpaired) electrons. The fourth-order valence-corrected chi connectivity index (χ4v) is 5.89. The molecule has 0 saturated carbocycles. The van der Waals surface area contributed by atoms with Crippen molar-refractivity contribution < 1.29 is 18.0 Å². The third-order valence-electron chi connectivity index (χ3n) is 6.18. The molecule has 184 valence electrons. The van der Waals surface area contributed by atoms with Crippen molar-refractivity contribution in [2.24, 2.45) is 0 Å². The highest BCUT2D eigenvalue weighted by Crippen LogP contribution is 2.25.